The van der Waals surface area contributed by atoms with Crippen LogP contribution in [0.5, 0.6) is 0 Å². The van der Waals surface area contributed by atoms with Crippen LogP contribution in [0.2, 0.25) is 0 Å². The van der Waals surface area contributed by atoms with Gasteiger partial charge in [0, 0.05) is 18.6 Å². The molecular weight excluding hydrogens is 194 g/mol. The molecule has 0 aromatic rings. The Balaban J connectivity index is 2.26. The van der Waals surface area contributed by atoms with Gasteiger partial charge in [0.15, 0.2) is 0 Å². The van der Waals surface area contributed by atoms with E-state index >= 15 is 0 Å². The van der Waals surface area contributed by atoms with Crippen LogP contribution < -0.4 is 5.73 Å². The van der Waals surface area contributed by atoms with Crippen LogP contribution in [0.4, 0.5) is 0 Å². The Kier molecular flexibility index (Phi) is 5.53. The van der Waals surface area contributed by atoms with E-state index in [1.54, 1.807) is 0 Å². The van der Waals surface area contributed by atoms with E-state index in [0.29, 0.717) is 18.4 Å². The molecule has 1 saturated heterocycles. The summed E-state index contributed by atoms with van der Waals surface area (Å²) in [5, 5.41) is 9.18. The first-order valence-corrected chi connectivity index (χ1v) is 5.71. The zero-order valence-electron chi connectivity index (χ0n) is 9.69. The molecule has 0 bridgehead atoms. The Morgan fingerprint density at radius 3 is 2.73 bits per heavy atom. The normalized spacial score (nSPS) is 25.8. The molecule has 0 spiro atoms. The van der Waals surface area contributed by atoms with Crippen molar-refractivity contribution in [2.75, 3.05) is 26.4 Å². The summed E-state index contributed by atoms with van der Waals surface area (Å²) in [6.07, 6.45) is 0.806. The molecule has 1 fully saturated rings. The molecule has 0 aromatic carbocycles. The van der Waals surface area contributed by atoms with Crippen molar-refractivity contribution in [1.29, 1.82) is 0 Å². The van der Waals surface area contributed by atoms with Crippen LogP contribution in [-0.4, -0.2) is 43.7 Å². The zero-order valence-corrected chi connectivity index (χ0v) is 9.69. The molecule has 1 aliphatic heterocycles. The Bertz CT molecular complexity index is 169. The highest BCUT2D eigenvalue weighted by Crippen LogP contribution is 2.15. The third kappa shape index (κ3) is 4.07. The summed E-state index contributed by atoms with van der Waals surface area (Å²) < 4.78 is 10.9. The molecule has 3 atom stereocenters. The van der Waals surface area contributed by atoms with Gasteiger partial charge in [-0.3, -0.25) is 0 Å². The first kappa shape index (κ1) is 12.9. The highest BCUT2D eigenvalue weighted by Gasteiger charge is 2.23. The van der Waals surface area contributed by atoms with Crippen LogP contribution in [0.3, 0.4) is 0 Å². The van der Waals surface area contributed by atoms with Crippen LogP contribution in [0.25, 0.3) is 0 Å². The molecule has 0 amide bonds. The van der Waals surface area contributed by atoms with E-state index in [0.717, 1.165) is 19.6 Å². The molecule has 3 N–H and O–H groups in total. The fraction of sp³-hybridized carbons (Fsp3) is 1.00. The molecule has 1 heterocycles. The lowest BCUT2D eigenvalue weighted by Crippen LogP contribution is -2.43. The van der Waals surface area contributed by atoms with Gasteiger partial charge in [-0.2, -0.15) is 0 Å². The number of nitrogens with two attached hydrogens (primary N) is 1. The summed E-state index contributed by atoms with van der Waals surface area (Å²) in [5.41, 5.74) is 5.94. The van der Waals surface area contributed by atoms with Crippen molar-refractivity contribution in [2.24, 2.45) is 17.6 Å². The molecule has 1 rings (SSSR count). The quantitative estimate of drug-likeness (QED) is 0.675. The van der Waals surface area contributed by atoms with E-state index in [4.69, 9.17) is 15.2 Å². The minimum atomic E-state index is -0.245. The predicted octanol–water partition coefficient (Wildman–Crippen LogP) is 0.384. The van der Waals surface area contributed by atoms with E-state index in [-0.39, 0.29) is 18.8 Å². The minimum Gasteiger partial charge on any atom is -0.394 e. The summed E-state index contributed by atoms with van der Waals surface area (Å²) in [4.78, 5) is 0. The van der Waals surface area contributed by atoms with Crippen molar-refractivity contribution in [3.63, 3.8) is 0 Å². The van der Waals surface area contributed by atoms with Crippen molar-refractivity contribution >= 4 is 0 Å². The molecule has 90 valence electrons. The van der Waals surface area contributed by atoms with Gasteiger partial charge in [-0.1, -0.05) is 13.8 Å². The second-order valence-electron chi connectivity index (χ2n) is 4.61. The molecule has 0 aromatic heterocycles. The van der Waals surface area contributed by atoms with E-state index in [1.165, 1.54) is 0 Å². The van der Waals surface area contributed by atoms with Gasteiger partial charge in [-0.05, 0) is 12.3 Å². The molecular formula is C11H23NO3. The highest BCUT2D eigenvalue weighted by atomic mass is 16.5. The largest absolute Gasteiger partial charge is 0.394 e. The van der Waals surface area contributed by atoms with Crippen LogP contribution in [-0.2, 0) is 9.47 Å². The van der Waals surface area contributed by atoms with Gasteiger partial charge in [-0.25, -0.2) is 0 Å². The van der Waals surface area contributed by atoms with E-state index in [1.807, 2.05) is 13.8 Å². The summed E-state index contributed by atoms with van der Waals surface area (Å²) in [6, 6.07) is -0.0997. The van der Waals surface area contributed by atoms with Gasteiger partial charge >= 0.3 is 0 Å². The number of rotatable bonds is 6. The maximum absolute atomic E-state index is 9.18. The van der Waals surface area contributed by atoms with Crippen molar-refractivity contribution in [2.45, 2.75) is 32.4 Å². The van der Waals surface area contributed by atoms with E-state index in [9.17, 15) is 5.11 Å². The average Bonchev–Trinajstić information content (AvgIpc) is 2.71. The van der Waals surface area contributed by atoms with E-state index < -0.39 is 0 Å². The monoisotopic (exact) mass is 217 g/mol. The Hall–Kier alpha value is -0.160. The Morgan fingerprint density at radius 1 is 1.53 bits per heavy atom. The molecule has 0 radical (unpaired) electrons. The standard InChI is InChI=1S/C11H23NO3/c1-8(2)11(12)10(5-13)15-7-9-3-4-14-6-9/h8-11,13H,3-7,12H2,1-2H3. The third-order valence-corrected chi connectivity index (χ3v) is 2.95. The molecule has 4 nitrogen and oxygen atoms in total. The smallest absolute Gasteiger partial charge is 0.0958 e. The lowest BCUT2D eigenvalue weighted by molar-refractivity contribution is -0.0270. The van der Waals surface area contributed by atoms with Gasteiger partial charge in [0.1, 0.15) is 0 Å². The average molecular weight is 217 g/mol. The number of ether oxygens (including phenoxy) is 2. The van der Waals surface area contributed by atoms with Gasteiger partial charge < -0.3 is 20.3 Å². The number of hydrogen-bond donors (Lipinski definition) is 2. The maximum atomic E-state index is 9.18. The third-order valence-electron chi connectivity index (χ3n) is 2.95. The number of hydrogen-bond acceptors (Lipinski definition) is 4. The second-order valence-corrected chi connectivity index (χ2v) is 4.61. The summed E-state index contributed by atoms with van der Waals surface area (Å²) >= 11 is 0. The molecule has 1 aliphatic rings. The summed E-state index contributed by atoms with van der Waals surface area (Å²) in [6.45, 7) is 6.31. The van der Waals surface area contributed by atoms with Crippen molar-refractivity contribution in [1.82, 2.24) is 0 Å². The van der Waals surface area contributed by atoms with Crippen molar-refractivity contribution < 1.29 is 14.6 Å². The fourth-order valence-electron chi connectivity index (χ4n) is 1.69. The van der Waals surface area contributed by atoms with Crippen LogP contribution >= 0.6 is 0 Å². The lowest BCUT2D eigenvalue weighted by Gasteiger charge is -2.26. The molecule has 3 unspecified atom stereocenters. The van der Waals surface area contributed by atoms with E-state index in [2.05, 4.69) is 0 Å². The van der Waals surface area contributed by atoms with Gasteiger partial charge in [0.05, 0.1) is 25.9 Å². The zero-order chi connectivity index (χ0) is 11.3. The Morgan fingerprint density at radius 2 is 2.27 bits per heavy atom. The van der Waals surface area contributed by atoms with Crippen LogP contribution in [0.1, 0.15) is 20.3 Å². The SMILES string of the molecule is CC(C)C(N)C(CO)OCC1CCOC1. The lowest BCUT2D eigenvalue weighted by atomic mass is 10.00. The van der Waals surface area contributed by atoms with Gasteiger partial charge in [0.25, 0.3) is 0 Å². The predicted molar refractivity (Wildman–Crippen MR) is 58.6 cm³/mol. The first-order chi connectivity index (χ1) is 7.15. The second kappa shape index (κ2) is 6.43. The molecule has 0 aliphatic carbocycles. The first-order valence-electron chi connectivity index (χ1n) is 5.71. The summed E-state index contributed by atoms with van der Waals surface area (Å²) in [7, 11) is 0. The number of aliphatic hydroxyl groups is 1. The van der Waals surface area contributed by atoms with Crippen molar-refractivity contribution in [3.8, 4) is 0 Å². The molecule has 0 saturated carbocycles. The van der Waals surface area contributed by atoms with Gasteiger partial charge in [-0.15, -0.1) is 0 Å². The summed E-state index contributed by atoms with van der Waals surface area (Å²) in [5.74, 6) is 0.792. The minimum absolute atomic E-state index is 0.00702. The van der Waals surface area contributed by atoms with Crippen molar-refractivity contribution in [3.05, 3.63) is 0 Å². The number of aliphatic hydroxyl groups excluding tert-OH is 1. The molecule has 4 heteroatoms. The van der Waals surface area contributed by atoms with Crippen LogP contribution in [0, 0.1) is 11.8 Å². The Labute approximate surface area is 91.7 Å². The van der Waals surface area contributed by atoms with Gasteiger partial charge in [0.2, 0.25) is 0 Å². The topological polar surface area (TPSA) is 64.7 Å². The maximum Gasteiger partial charge on any atom is 0.0958 e. The fourth-order valence-corrected chi connectivity index (χ4v) is 1.69. The van der Waals surface area contributed by atoms with Crippen LogP contribution in [0.15, 0.2) is 0 Å². The molecule has 15 heavy (non-hydrogen) atoms. The highest BCUT2D eigenvalue weighted by molar-refractivity contribution is 4.76.